The fourth-order valence-electron chi connectivity index (χ4n) is 3.51. The van der Waals surface area contributed by atoms with E-state index in [1.165, 1.54) is 0 Å². The number of aromatic nitrogens is 2. The van der Waals surface area contributed by atoms with E-state index in [-0.39, 0.29) is 24.5 Å². The molecule has 1 aliphatic carbocycles. The van der Waals surface area contributed by atoms with Crippen LogP contribution in [0.2, 0.25) is 0 Å². The number of hydrogen-bond donors (Lipinski definition) is 4. The van der Waals surface area contributed by atoms with Crippen LogP contribution in [0.1, 0.15) is 28.9 Å². The molecule has 3 heterocycles. The summed E-state index contributed by atoms with van der Waals surface area (Å²) in [5, 5.41) is 9.03. The zero-order valence-electron chi connectivity index (χ0n) is 16.2. The number of carbonyl (C=O) groups is 2. The van der Waals surface area contributed by atoms with Gasteiger partial charge in [0.2, 0.25) is 0 Å². The van der Waals surface area contributed by atoms with Crippen LogP contribution >= 0.6 is 0 Å². The van der Waals surface area contributed by atoms with Gasteiger partial charge in [-0.05, 0) is 37.1 Å². The van der Waals surface area contributed by atoms with Gasteiger partial charge in [0.15, 0.2) is 5.78 Å². The van der Waals surface area contributed by atoms with E-state index < -0.39 is 0 Å². The van der Waals surface area contributed by atoms with Gasteiger partial charge < -0.3 is 20.4 Å². The SMILES string of the molecule is O=C(Nc1cc(-c2[nH]c3c(c2Nc2ccccc2)C(=O)COC3)ccn1)NC1CC1. The van der Waals surface area contributed by atoms with E-state index in [0.29, 0.717) is 23.7 Å². The molecular weight excluding hydrogens is 382 g/mol. The minimum atomic E-state index is -0.265. The average Bonchev–Trinajstić information content (AvgIpc) is 3.48. The number of urea groups is 1. The highest BCUT2D eigenvalue weighted by Gasteiger charge is 2.28. The van der Waals surface area contributed by atoms with Crippen LogP contribution in [0, 0.1) is 0 Å². The number of H-pyrrole nitrogens is 1. The van der Waals surface area contributed by atoms with Crippen molar-refractivity contribution in [3.8, 4) is 11.3 Å². The quantitative estimate of drug-likeness (QED) is 0.518. The maximum absolute atomic E-state index is 12.6. The molecule has 5 rings (SSSR count). The van der Waals surface area contributed by atoms with Crippen LogP contribution in [0.5, 0.6) is 0 Å². The Kier molecular flexibility index (Phi) is 4.68. The molecule has 8 heteroatoms. The molecule has 2 aromatic heterocycles. The minimum absolute atomic E-state index is 0.0538. The standard InChI is InChI=1S/C22H21N5O3/c28-17-12-30-11-16-19(17)21(24-14-4-2-1-3-5-14)20(26-16)13-8-9-23-18(10-13)27-22(29)25-15-6-7-15/h1-5,8-10,15,24,26H,6-7,11-12H2,(H2,23,25,27,29). The lowest BCUT2D eigenvalue weighted by Gasteiger charge is -2.14. The van der Waals surface area contributed by atoms with Gasteiger partial charge in [0.1, 0.15) is 12.4 Å². The van der Waals surface area contributed by atoms with Crippen molar-refractivity contribution in [3.63, 3.8) is 0 Å². The van der Waals surface area contributed by atoms with Gasteiger partial charge in [-0.1, -0.05) is 18.2 Å². The molecule has 1 aliphatic heterocycles. The van der Waals surface area contributed by atoms with Crippen molar-refractivity contribution in [1.82, 2.24) is 15.3 Å². The van der Waals surface area contributed by atoms with E-state index >= 15 is 0 Å². The van der Waals surface area contributed by atoms with Gasteiger partial charge in [0.05, 0.1) is 29.2 Å². The van der Waals surface area contributed by atoms with Crippen molar-refractivity contribution in [2.45, 2.75) is 25.5 Å². The summed E-state index contributed by atoms with van der Waals surface area (Å²) >= 11 is 0. The number of ketones is 1. The van der Waals surface area contributed by atoms with Crippen LogP contribution in [0.3, 0.4) is 0 Å². The third-order valence-corrected chi connectivity index (χ3v) is 5.08. The second kappa shape index (κ2) is 7.64. The van der Waals surface area contributed by atoms with E-state index in [4.69, 9.17) is 4.74 Å². The lowest BCUT2D eigenvalue weighted by molar-refractivity contribution is 0.0660. The zero-order chi connectivity index (χ0) is 20.5. The normalized spacial score (nSPS) is 15.4. The van der Waals surface area contributed by atoms with Gasteiger partial charge in [-0.15, -0.1) is 0 Å². The molecule has 2 aliphatic rings. The molecule has 30 heavy (non-hydrogen) atoms. The first kappa shape index (κ1) is 18.4. The molecule has 0 atom stereocenters. The van der Waals surface area contributed by atoms with E-state index in [9.17, 15) is 9.59 Å². The van der Waals surface area contributed by atoms with Crippen LogP contribution < -0.4 is 16.0 Å². The first-order chi connectivity index (χ1) is 14.7. The van der Waals surface area contributed by atoms with Gasteiger partial charge in [0.25, 0.3) is 0 Å². The number of aromatic amines is 1. The summed E-state index contributed by atoms with van der Waals surface area (Å²) in [5.74, 6) is 0.361. The summed E-state index contributed by atoms with van der Waals surface area (Å²) < 4.78 is 5.40. The highest BCUT2D eigenvalue weighted by atomic mass is 16.5. The molecule has 0 unspecified atom stereocenters. The van der Waals surface area contributed by atoms with E-state index in [0.717, 1.165) is 35.5 Å². The topological polar surface area (TPSA) is 108 Å². The number of Topliss-reactive ketones (excluding diaryl/α,β-unsaturated/α-hetero) is 1. The Morgan fingerprint density at radius 3 is 2.77 bits per heavy atom. The molecule has 0 bridgehead atoms. The van der Waals surface area contributed by atoms with Crippen molar-refractivity contribution >= 4 is 29.0 Å². The Labute approximate surface area is 173 Å². The Hall–Kier alpha value is -3.65. The summed E-state index contributed by atoms with van der Waals surface area (Å²) in [5.41, 5.74) is 4.46. The van der Waals surface area contributed by atoms with Crippen LogP contribution in [-0.4, -0.2) is 34.4 Å². The molecule has 8 nitrogen and oxygen atoms in total. The van der Waals surface area contributed by atoms with Crippen molar-refractivity contribution in [2.24, 2.45) is 0 Å². The molecule has 152 valence electrons. The number of para-hydroxylation sites is 1. The van der Waals surface area contributed by atoms with Crippen molar-refractivity contribution < 1.29 is 14.3 Å². The first-order valence-electron chi connectivity index (χ1n) is 9.89. The van der Waals surface area contributed by atoms with Crippen molar-refractivity contribution in [3.05, 3.63) is 59.9 Å². The zero-order valence-corrected chi connectivity index (χ0v) is 16.2. The fourth-order valence-corrected chi connectivity index (χ4v) is 3.51. The molecule has 1 saturated carbocycles. The lowest BCUT2D eigenvalue weighted by Crippen LogP contribution is -2.30. The van der Waals surface area contributed by atoms with Gasteiger partial charge in [0, 0.05) is 23.5 Å². The number of nitrogens with one attached hydrogen (secondary N) is 4. The molecule has 2 amide bonds. The summed E-state index contributed by atoms with van der Waals surface area (Å²) in [6, 6.07) is 13.3. The Bertz CT molecular complexity index is 1110. The monoisotopic (exact) mass is 403 g/mol. The van der Waals surface area contributed by atoms with Gasteiger partial charge in [-0.2, -0.15) is 0 Å². The van der Waals surface area contributed by atoms with E-state index in [1.54, 1.807) is 12.3 Å². The van der Waals surface area contributed by atoms with Gasteiger partial charge in [-0.25, -0.2) is 9.78 Å². The second-order valence-electron chi connectivity index (χ2n) is 7.44. The van der Waals surface area contributed by atoms with E-state index in [2.05, 4.69) is 25.9 Å². The number of rotatable bonds is 5. The maximum atomic E-state index is 12.6. The molecular formula is C22H21N5O3. The molecule has 0 saturated heterocycles. The maximum Gasteiger partial charge on any atom is 0.320 e. The molecule has 1 fully saturated rings. The molecule has 0 radical (unpaired) electrons. The first-order valence-corrected chi connectivity index (χ1v) is 9.89. The smallest absolute Gasteiger partial charge is 0.320 e. The summed E-state index contributed by atoms with van der Waals surface area (Å²) in [7, 11) is 0. The third-order valence-electron chi connectivity index (χ3n) is 5.08. The highest BCUT2D eigenvalue weighted by molar-refractivity contribution is 6.08. The number of pyridine rings is 1. The lowest BCUT2D eigenvalue weighted by atomic mass is 10.0. The highest BCUT2D eigenvalue weighted by Crippen LogP contribution is 2.37. The predicted molar refractivity (Wildman–Crippen MR) is 113 cm³/mol. The number of carbonyl (C=O) groups excluding carboxylic acids is 2. The molecule has 4 N–H and O–H groups in total. The fraction of sp³-hybridized carbons (Fsp3) is 0.227. The van der Waals surface area contributed by atoms with Crippen molar-refractivity contribution in [2.75, 3.05) is 17.2 Å². The number of hydrogen-bond acceptors (Lipinski definition) is 5. The number of fused-ring (bicyclic) bond motifs is 1. The summed E-state index contributed by atoms with van der Waals surface area (Å²) in [6.07, 6.45) is 3.66. The number of nitrogens with zero attached hydrogens (tertiary/aromatic N) is 1. The largest absolute Gasteiger partial charge is 0.367 e. The van der Waals surface area contributed by atoms with Crippen LogP contribution in [0.4, 0.5) is 22.0 Å². The average molecular weight is 403 g/mol. The predicted octanol–water partition coefficient (Wildman–Crippen LogP) is 3.82. The minimum Gasteiger partial charge on any atom is -0.367 e. The molecule has 0 spiro atoms. The summed E-state index contributed by atoms with van der Waals surface area (Å²) in [6.45, 7) is 0.392. The molecule has 3 aromatic rings. The number of ether oxygens (including phenoxy) is 1. The number of anilines is 3. The number of amides is 2. The Balaban J connectivity index is 1.51. The van der Waals surface area contributed by atoms with E-state index in [1.807, 2.05) is 36.4 Å². The van der Waals surface area contributed by atoms with Crippen LogP contribution in [-0.2, 0) is 11.3 Å². The third kappa shape index (κ3) is 3.77. The number of benzene rings is 1. The molecule has 1 aromatic carbocycles. The summed E-state index contributed by atoms with van der Waals surface area (Å²) in [4.78, 5) is 32.2. The van der Waals surface area contributed by atoms with Crippen molar-refractivity contribution in [1.29, 1.82) is 0 Å². The van der Waals surface area contributed by atoms with Gasteiger partial charge in [-0.3, -0.25) is 10.1 Å². The second-order valence-corrected chi connectivity index (χ2v) is 7.44. The van der Waals surface area contributed by atoms with Crippen LogP contribution in [0.15, 0.2) is 48.7 Å². The van der Waals surface area contributed by atoms with Crippen LogP contribution in [0.25, 0.3) is 11.3 Å². The Morgan fingerprint density at radius 2 is 1.97 bits per heavy atom. The van der Waals surface area contributed by atoms with Gasteiger partial charge >= 0.3 is 6.03 Å². The Morgan fingerprint density at radius 1 is 1.13 bits per heavy atom.